The molecule has 1 aromatic carbocycles. The van der Waals surface area contributed by atoms with Crippen LogP contribution in [-0.2, 0) is 9.59 Å². The van der Waals surface area contributed by atoms with Gasteiger partial charge < -0.3 is 41.4 Å². The smallest absolute Gasteiger partial charge is 0.405 e. The van der Waals surface area contributed by atoms with E-state index in [1.807, 2.05) is 29.6 Å². The van der Waals surface area contributed by atoms with Crippen LogP contribution in [0.4, 0.5) is 4.79 Å². The van der Waals surface area contributed by atoms with Crippen LogP contribution in [0.5, 0.6) is 5.75 Å². The summed E-state index contributed by atoms with van der Waals surface area (Å²) in [7, 11) is 3.34. The van der Waals surface area contributed by atoms with Crippen molar-refractivity contribution in [2.45, 2.75) is 19.4 Å². The van der Waals surface area contributed by atoms with Gasteiger partial charge in [0.15, 0.2) is 0 Å². The minimum Gasteiger partial charge on any atom is -0.497 e. The summed E-state index contributed by atoms with van der Waals surface area (Å²) in [6.45, 7) is 3.97. The van der Waals surface area contributed by atoms with Crippen LogP contribution in [0.1, 0.15) is 12.0 Å². The Bertz CT molecular complexity index is 533. The molecular formula is C18H32N4O6. The molecule has 2 amide bonds. The zero-order chi connectivity index (χ0) is 21.8. The molecule has 1 atom stereocenters. The molecule has 1 fully saturated rings. The van der Waals surface area contributed by atoms with Gasteiger partial charge in [-0.15, -0.1) is 0 Å². The number of nitrogens with two attached hydrogens (primary N) is 1. The standard InChI is InChI=1S/C8H10O.C4H9NO.C3H8N2O.C3H5NO3/c1-7-3-5-8(9-2)6-4-7;6-4-1-2-5-3-4;1-5-2-3(4)6;5-2-1-4-3(6)7/h3-6H,1-2H3;4-6H,1-3H2;5H,2H2,1H3,(H2,4,6);2,4H,1H2,(H,6,7). The second-order valence-electron chi connectivity index (χ2n) is 5.51. The number of carboxylic acid groups (broad SMARTS) is 1. The lowest BCUT2D eigenvalue weighted by Crippen LogP contribution is -2.25. The Balaban J connectivity index is 0. The number of benzene rings is 1. The first-order chi connectivity index (χ1) is 13.3. The summed E-state index contributed by atoms with van der Waals surface area (Å²) in [4.78, 5) is 28.6. The van der Waals surface area contributed by atoms with Gasteiger partial charge in [0, 0.05) is 6.54 Å². The van der Waals surface area contributed by atoms with E-state index < -0.39 is 6.09 Å². The number of carbonyl (C=O) groups excluding carboxylic acids is 2. The number of β-amino-alcohol motifs (C(OH)–C–C–N with tert-alkyl or cyclic N) is 1. The highest BCUT2D eigenvalue weighted by Crippen LogP contribution is 2.09. The van der Waals surface area contributed by atoms with Crippen LogP contribution in [0.3, 0.4) is 0 Å². The Labute approximate surface area is 165 Å². The molecule has 160 valence electrons. The van der Waals surface area contributed by atoms with Gasteiger partial charge in [-0.05, 0) is 39.1 Å². The van der Waals surface area contributed by atoms with Crippen molar-refractivity contribution >= 4 is 18.3 Å². The Hall–Kier alpha value is -2.69. The molecule has 0 aromatic heterocycles. The highest BCUT2D eigenvalue weighted by Gasteiger charge is 2.08. The number of aliphatic hydroxyl groups excluding tert-OH is 1. The van der Waals surface area contributed by atoms with Crippen molar-refractivity contribution in [3.8, 4) is 5.75 Å². The third kappa shape index (κ3) is 21.4. The summed E-state index contributed by atoms with van der Waals surface area (Å²) in [6.07, 6.45) is 0.172. The number of aryl methyl sites for hydroxylation is 1. The third-order valence-corrected chi connectivity index (χ3v) is 2.98. The van der Waals surface area contributed by atoms with Gasteiger partial charge in [-0.25, -0.2) is 4.79 Å². The molecule has 28 heavy (non-hydrogen) atoms. The van der Waals surface area contributed by atoms with E-state index in [1.165, 1.54) is 5.56 Å². The van der Waals surface area contributed by atoms with Crippen LogP contribution < -0.4 is 26.4 Å². The summed E-state index contributed by atoms with van der Waals surface area (Å²) in [5, 5.41) is 23.9. The lowest BCUT2D eigenvalue weighted by Gasteiger charge is -1.97. The maximum atomic E-state index is 9.76. The van der Waals surface area contributed by atoms with Gasteiger partial charge in [-0.2, -0.15) is 0 Å². The van der Waals surface area contributed by atoms with Gasteiger partial charge in [-0.3, -0.25) is 4.79 Å². The summed E-state index contributed by atoms with van der Waals surface area (Å²) < 4.78 is 4.97. The fourth-order valence-corrected chi connectivity index (χ4v) is 1.62. The summed E-state index contributed by atoms with van der Waals surface area (Å²) >= 11 is 0. The lowest BCUT2D eigenvalue weighted by molar-refractivity contribution is -0.117. The van der Waals surface area contributed by atoms with E-state index in [9.17, 15) is 14.4 Å². The number of primary amides is 1. The highest BCUT2D eigenvalue weighted by molar-refractivity contribution is 5.75. The van der Waals surface area contributed by atoms with Crippen molar-refractivity contribution in [1.82, 2.24) is 16.0 Å². The number of hydrogen-bond donors (Lipinski definition) is 6. The average Bonchev–Trinajstić information content (AvgIpc) is 3.13. The first-order valence-electron chi connectivity index (χ1n) is 8.59. The van der Waals surface area contributed by atoms with Crippen LogP contribution in [0.15, 0.2) is 24.3 Å². The van der Waals surface area contributed by atoms with E-state index in [4.69, 9.17) is 20.7 Å². The summed E-state index contributed by atoms with van der Waals surface area (Å²) in [5.41, 5.74) is 5.96. The van der Waals surface area contributed by atoms with Crippen molar-refractivity contribution in [2.75, 3.05) is 40.3 Å². The summed E-state index contributed by atoms with van der Waals surface area (Å²) in [6, 6.07) is 7.96. The topological polar surface area (TPSA) is 163 Å². The molecule has 0 radical (unpaired) electrons. The highest BCUT2D eigenvalue weighted by atomic mass is 16.5. The predicted molar refractivity (Wildman–Crippen MR) is 106 cm³/mol. The number of rotatable bonds is 5. The molecule has 0 saturated carbocycles. The third-order valence-electron chi connectivity index (χ3n) is 2.98. The number of ether oxygens (including phenoxy) is 1. The van der Waals surface area contributed by atoms with E-state index >= 15 is 0 Å². The van der Waals surface area contributed by atoms with E-state index in [0.717, 1.165) is 25.3 Å². The minimum atomic E-state index is -1.17. The molecular weight excluding hydrogens is 368 g/mol. The van der Waals surface area contributed by atoms with Crippen molar-refractivity contribution in [1.29, 1.82) is 0 Å². The number of carbonyl (C=O) groups is 3. The summed E-state index contributed by atoms with van der Waals surface area (Å²) in [5.74, 6) is 0.595. The van der Waals surface area contributed by atoms with Gasteiger partial charge in [0.25, 0.3) is 0 Å². The number of likely N-dealkylation sites (N-methyl/N-ethyl adjacent to an activating group) is 1. The fraction of sp³-hybridized carbons (Fsp3) is 0.500. The number of amides is 2. The predicted octanol–water partition coefficient (Wildman–Crippen LogP) is -0.512. The number of hydrogen-bond acceptors (Lipinski definition) is 7. The lowest BCUT2D eigenvalue weighted by atomic mass is 10.2. The zero-order valence-electron chi connectivity index (χ0n) is 16.6. The van der Waals surface area contributed by atoms with Gasteiger partial charge in [-0.1, -0.05) is 17.7 Å². The average molecular weight is 400 g/mol. The Morgan fingerprint density at radius 3 is 2.18 bits per heavy atom. The molecule has 10 heteroatoms. The van der Waals surface area contributed by atoms with Crippen molar-refractivity contribution < 1.29 is 29.3 Å². The van der Waals surface area contributed by atoms with Gasteiger partial charge in [0.2, 0.25) is 5.91 Å². The Morgan fingerprint density at radius 2 is 1.96 bits per heavy atom. The second-order valence-corrected chi connectivity index (χ2v) is 5.51. The minimum absolute atomic E-state index is 0.0648. The molecule has 7 N–H and O–H groups in total. The van der Waals surface area contributed by atoms with E-state index in [1.54, 1.807) is 14.2 Å². The largest absolute Gasteiger partial charge is 0.497 e. The Kier molecular flexibility index (Phi) is 18.8. The maximum absolute atomic E-state index is 9.76. The number of aldehydes is 1. The van der Waals surface area contributed by atoms with Gasteiger partial charge in [0.1, 0.15) is 12.0 Å². The molecule has 0 spiro atoms. The molecule has 1 aliphatic heterocycles. The van der Waals surface area contributed by atoms with E-state index in [-0.39, 0.29) is 25.1 Å². The Morgan fingerprint density at radius 1 is 1.36 bits per heavy atom. The van der Waals surface area contributed by atoms with Crippen molar-refractivity contribution in [3.63, 3.8) is 0 Å². The van der Waals surface area contributed by atoms with Crippen LogP contribution in [0.25, 0.3) is 0 Å². The van der Waals surface area contributed by atoms with Gasteiger partial charge in [0.05, 0.1) is 26.3 Å². The molecule has 10 nitrogen and oxygen atoms in total. The van der Waals surface area contributed by atoms with Crippen molar-refractivity contribution in [2.24, 2.45) is 5.73 Å². The molecule has 1 aromatic rings. The normalized spacial score (nSPS) is 13.9. The maximum Gasteiger partial charge on any atom is 0.405 e. The molecule has 1 saturated heterocycles. The molecule has 1 unspecified atom stereocenters. The first kappa shape index (κ1) is 27.5. The molecule has 2 rings (SSSR count). The van der Waals surface area contributed by atoms with Crippen LogP contribution in [-0.4, -0.2) is 74.9 Å². The first-order valence-corrected chi connectivity index (χ1v) is 8.59. The number of nitrogens with one attached hydrogen (secondary N) is 3. The fourth-order valence-electron chi connectivity index (χ4n) is 1.62. The molecule has 0 bridgehead atoms. The number of aliphatic hydroxyl groups is 1. The van der Waals surface area contributed by atoms with E-state index in [2.05, 4.69) is 17.6 Å². The molecule has 0 aliphatic carbocycles. The quantitative estimate of drug-likeness (QED) is 0.360. The zero-order valence-corrected chi connectivity index (χ0v) is 16.6. The van der Waals surface area contributed by atoms with Crippen LogP contribution >= 0.6 is 0 Å². The van der Waals surface area contributed by atoms with Crippen LogP contribution in [0, 0.1) is 6.92 Å². The second kappa shape index (κ2) is 19.1. The number of methoxy groups -OCH3 is 1. The molecule has 1 heterocycles. The molecule has 1 aliphatic rings. The SMILES string of the molecule is CNCC(N)=O.COc1ccc(C)cc1.O=CCNC(=O)O.OC1CCNC1. The van der Waals surface area contributed by atoms with Crippen LogP contribution in [0.2, 0.25) is 0 Å². The van der Waals surface area contributed by atoms with E-state index in [0.29, 0.717) is 6.29 Å². The van der Waals surface area contributed by atoms with Crippen molar-refractivity contribution in [3.05, 3.63) is 29.8 Å². The monoisotopic (exact) mass is 400 g/mol. The van der Waals surface area contributed by atoms with Gasteiger partial charge >= 0.3 is 6.09 Å².